The van der Waals surface area contributed by atoms with Gasteiger partial charge in [-0.05, 0) is 49.9 Å². The van der Waals surface area contributed by atoms with Gasteiger partial charge < -0.3 is 9.53 Å². The van der Waals surface area contributed by atoms with Crippen molar-refractivity contribution in [3.8, 4) is 0 Å². The van der Waals surface area contributed by atoms with Gasteiger partial charge in [-0.1, -0.05) is 6.07 Å². The fourth-order valence-electron chi connectivity index (χ4n) is 1.75. The molecule has 1 aromatic carbocycles. The molecule has 0 amide bonds. The van der Waals surface area contributed by atoms with Crippen LogP contribution in [0, 0.1) is 6.92 Å². The average Bonchev–Trinajstić information content (AvgIpc) is 2.29. The van der Waals surface area contributed by atoms with Gasteiger partial charge in [-0.25, -0.2) is 4.79 Å². The van der Waals surface area contributed by atoms with Crippen LogP contribution in [0.3, 0.4) is 0 Å². The lowest BCUT2D eigenvalue weighted by molar-refractivity contribution is -0.117. The second-order valence-electron chi connectivity index (χ2n) is 4.19. The number of hydrogen-bond donors (Lipinski definition) is 0. The van der Waals surface area contributed by atoms with E-state index in [4.69, 9.17) is 0 Å². The number of hydrogen-bond acceptors (Lipinski definition) is 3. The van der Waals surface area contributed by atoms with E-state index in [0.29, 0.717) is 12.0 Å². The van der Waals surface area contributed by atoms with Crippen LogP contribution in [0.4, 0.5) is 0 Å². The monoisotopic (exact) mass is 234 g/mol. The Morgan fingerprint density at radius 2 is 2.00 bits per heavy atom. The minimum atomic E-state index is -0.316. The van der Waals surface area contributed by atoms with Crippen LogP contribution in [0.2, 0.25) is 0 Å². The van der Waals surface area contributed by atoms with Crippen LogP contribution in [0.1, 0.15) is 41.3 Å². The maximum Gasteiger partial charge on any atom is 0.337 e. The number of esters is 1. The highest BCUT2D eigenvalue weighted by molar-refractivity contribution is 5.89. The Labute approximate surface area is 102 Å². The molecule has 0 saturated carbocycles. The van der Waals surface area contributed by atoms with E-state index in [1.54, 1.807) is 13.0 Å². The Bertz CT molecular complexity index is 421. The van der Waals surface area contributed by atoms with E-state index >= 15 is 0 Å². The SMILES string of the molecule is COC(=O)c1ccc(CCCC(C)=O)c(C)c1. The molecule has 0 bridgehead atoms. The van der Waals surface area contributed by atoms with Gasteiger partial charge in [-0.2, -0.15) is 0 Å². The van der Waals surface area contributed by atoms with Gasteiger partial charge in [0.2, 0.25) is 0 Å². The molecule has 0 unspecified atom stereocenters. The summed E-state index contributed by atoms with van der Waals surface area (Å²) in [4.78, 5) is 22.2. The van der Waals surface area contributed by atoms with Gasteiger partial charge in [-0.3, -0.25) is 0 Å². The molecule has 3 nitrogen and oxygen atoms in total. The van der Waals surface area contributed by atoms with Crippen molar-refractivity contribution < 1.29 is 14.3 Å². The largest absolute Gasteiger partial charge is 0.465 e. The Kier molecular flexibility index (Phi) is 4.88. The van der Waals surface area contributed by atoms with Crippen molar-refractivity contribution >= 4 is 11.8 Å². The number of carbonyl (C=O) groups is 2. The maximum absolute atomic E-state index is 11.3. The van der Waals surface area contributed by atoms with Crippen molar-refractivity contribution in [2.45, 2.75) is 33.1 Å². The van der Waals surface area contributed by atoms with E-state index in [-0.39, 0.29) is 11.8 Å². The molecule has 0 spiro atoms. The molecule has 0 aliphatic heterocycles. The zero-order valence-corrected chi connectivity index (χ0v) is 10.6. The molecule has 1 rings (SSSR count). The standard InChI is InChI=1S/C14H18O3/c1-10-9-13(14(16)17-3)8-7-12(10)6-4-5-11(2)15/h7-9H,4-6H2,1-3H3. The van der Waals surface area contributed by atoms with Crippen molar-refractivity contribution in [2.75, 3.05) is 7.11 Å². The lowest BCUT2D eigenvalue weighted by atomic mass is 10.00. The number of benzene rings is 1. The first-order chi connectivity index (χ1) is 8.04. The summed E-state index contributed by atoms with van der Waals surface area (Å²) in [6.07, 6.45) is 2.33. The molecule has 0 aliphatic carbocycles. The lowest BCUT2D eigenvalue weighted by Gasteiger charge is -2.07. The molecule has 3 heteroatoms. The molecule has 0 fully saturated rings. The van der Waals surface area contributed by atoms with Crippen LogP contribution in [0.5, 0.6) is 0 Å². The predicted octanol–water partition coefficient (Wildman–Crippen LogP) is 2.69. The first kappa shape index (κ1) is 13.4. The second kappa shape index (κ2) is 6.18. The molecule has 1 aromatic rings. The number of rotatable bonds is 5. The average molecular weight is 234 g/mol. The summed E-state index contributed by atoms with van der Waals surface area (Å²) in [6.45, 7) is 3.57. The van der Waals surface area contributed by atoms with Crippen LogP contribution >= 0.6 is 0 Å². The van der Waals surface area contributed by atoms with Crippen molar-refractivity contribution in [3.63, 3.8) is 0 Å². The maximum atomic E-state index is 11.3. The number of Topliss-reactive ketones (excluding diaryl/α,β-unsaturated/α-hetero) is 1. The van der Waals surface area contributed by atoms with Gasteiger partial charge in [0, 0.05) is 6.42 Å². The van der Waals surface area contributed by atoms with Crippen molar-refractivity contribution in [1.82, 2.24) is 0 Å². The van der Waals surface area contributed by atoms with E-state index in [2.05, 4.69) is 4.74 Å². The first-order valence-electron chi connectivity index (χ1n) is 5.72. The van der Waals surface area contributed by atoms with Crippen LogP contribution < -0.4 is 0 Å². The molecular formula is C14H18O3. The number of ether oxygens (including phenoxy) is 1. The number of methoxy groups -OCH3 is 1. The fourth-order valence-corrected chi connectivity index (χ4v) is 1.75. The molecule has 92 valence electrons. The zero-order chi connectivity index (χ0) is 12.8. The number of aryl methyl sites for hydroxylation is 2. The van der Waals surface area contributed by atoms with E-state index in [1.165, 1.54) is 12.7 Å². The molecule has 0 saturated heterocycles. The summed E-state index contributed by atoms with van der Waals surface area (Å²) < 4.78 is 4.66. The summed E-state index contributed by atoms with van der Waals surface area (Å²) in [5.41, 5.74) is 2.82. The Morgan fingerprint density at radius 3 is 2.53 bits per heavy atom. The molecule has 0 radical (unpaired) electrons. The fraction of sp³-hybridized carbons (Fsp3) is 0.429. The third kappa shape index (κ3) is 4.02. The predicted molar refractivity (Wildman–Crippen MR) is 66.1 cm³/mol. The highest BCUT2D eigenvalue weighted by Crippen LogP contribution is 2.14. The molecule has 17 heavy (non-hydrogen) atoms. The van der Waals surface area contributed by atoms with Crippen LogP contribution in [-0.4, -0.2) is 18.9 Å². The van der Waals surface area contributed by atoms with Gasteiger partial charge in [-0.15, -0.1) is 0 Å². The number of carbonyl (C=O) groups excluding carboxylic acids is 2. The third-order valence-corrected chi connectivity index (χ3v) is 2.74. The minimum absolute atomic E-state index is 0.217. The van der Waals surface area contributed by atoms with Gasteiger partial charge in [0.05, 0.1) is 12.7 Å². The topological polar surface area (TPSA) is 43.4 Å². The molecule has 0 atom stereocenters. The van der Waals surface area contributed by atoms with E-state index < -0.39 is 0 Å². The van der Waals surface area contributed by atoms with Gasteiger partial charge in [0.15, 0.2) is 0 Å². The minimum Gasteiger partial charge on any atom is -0.465 e. The van der Waals surface area contributed by atoms with E-state index in [0.717, 1.165) is 18.4 Å². The first-order valence-corrected chi connectivity index (χ1v) is 5.72. The van der Waals surface area contributed by atoms with Crippen LogP contribution in [0.25, 0.3) is 0 Å². The highest BCUT2D eigenvalue weighted by atomic mass is 16.5. The molecular weight excluding hydrogens is 216 g/mol. The quantitative estimate of drug-likeness (QED) is 0.736. The van der Waals surface area contributed by atoms with Crippen LogP contribution in [-0.2, 0) is 16.0 Å². The molecule has 0 N–H and O–H groups in total. The third-order valence-electron chi connectivity index (χ3n) is 2.74. The molecule has 0 aliphatic rings. The van der Waals surface area contributed by atoms with Gasteiger partial charge in [0.25, 0.3) is 0 Å². The van der Waals surface area contributed by atoms with Gasteiger partial charge in [0.1, 0.15) is 5.78 Å². The normalized spacial score (nSPS) is 10.1. The van der Waals surface area contributed by atoms with Crippen molar-refractivity contribution in [2.24, 2.45) is 0 Å². The Morgan fingerprint density at radius 1 is 1.29 bits per heavy atom. The summed E-state index contributed by atoms with van der Waals surface area (Å²) in [5.74, 6) is -0.0998. The summed E-state index contributed by atoms with van der Waals surface area (Å²) in [5, 5.41) is 0. The summed E-state index contributed by atoms with van der Waals surface area (Å²) >= 11 is 0. The van der Waals surface area contributed by atoms with Crippen molar-refractivity contribution in [3.05, 3.63) is 34.9 Å². The highest BCUT2D eigenvalue weighted by Gasteiger charge is 2.07. The van der Waals surface area contributed by atoms with E-state index in [1.807, 2.05) is 19.1 Å². The summed E-state index contributed by atoms with van der Waals surface area (Å²) in [6, 6.07) is 5.53. The second-order valence-corrected chi connectivity index (χ2v) is 4.19. The Hall–Kier alpha value is -1.64. The van der Waals surface area contributed by atoms with E-state index in [9.17, 15) is 9.59 Å². The summed E-state index contributed by atoms with van der Waals surface area (Å²) in [7, 11) is 1.37. The van der Waals surface area contributed by atoms with Gasteiger partial charge >= 0.3 is 5.97 Å². The van der Waals surface area contributed by atoms with Crippen molar-refractivity contribution in [1.29, 1.82) is 0 Å². The van der Waals surface area contributed by atoms with Crippen LogP contribution in [0.15, 0.2) is 18.2 Å². The zero-order valence-electron chi connectivity index (χ0n) is 10.6. The molecule has 0 heterocycles. The lowest BCUT2D eigenvalue weighted by Crippen LogP contribution is -2.03. The molecule has 0 aromatic heterocycles. The smallest absolute Gasteiger partial charge is 0.337 e. The Balaban J connectivity index is 2.69. The number of ketones is 1.